The van der Waals surface area contributed by atoms with Gasteiger partial charge in [-0.1, -0.05) is 58.3 Å². The zero-order valence-electron chi connectivity index (χ0n) is 17.1. The molecule has 1 unspecified atom stereocenters. The van der Waals surface area contributed by atoms with Crippen molar-refractivity contribution >= 4 is 6.29 Å². The molecule has 0 aliphatic heterocycles. The number of rotatable bonds is 20. The Labute approximate surface area is 161 Å². The van der Waals surface area contributed by atoms with Crippen molar-refractivity contribution in [1.29, 1.82) is 0 Å². The van der Waals surface area contributed by atoms with Crippen molar-refractivity contribution in [2.45, 2.75) is 90.1 Å². The summed E-state index contributed by atoms with van der Waals surface area (Å²) in [6, 6.07) is 0. The third-order valence-electron chi connectivity index (χ3n) is 5.34. The fourth-order valence-electron chi connectivity index (χ4n) is 3.76. The van der Waals surface area contributed by atoms with Gasteiger partial charge in [-0.25, -0.2) is 0 Å². The zero-order valence-corrected chi connectivity index (χ0v) is 17.1. The van der Waals surface area contributed by atoms with Gasteiger partial charge in [0.2, 0.25) is 0 Å². The van der Waals surface area contributed by atoms with Crippen LogP contribution in [0.25, 0.3) is 0 Å². The van der Waals surface area contributed by atoms with Gasteiger partial charge in [0.05, 0.1) is 19.8 Å². The molecule has 0 aliphatic carbocycles. The van der Waals surface area contributed by atoms with Crippen LogP contribution in [0.3, 0.4) is 0 Å². The van der Waals surface area contributed by atoms with Crippen LogP contribution in [0.5, 0.6) is 0 Å². The van der Waals surface area contributed by atoms with E-state index in [9.17, 15) is 20.1 Å². The summed E-state index contributed by atoms with van der Waals surface area (Å²) in [4.78, 5) is 10.5. The zero-order chi connectivity index (χ0) is 19.5. The number of hydrogen-bond donors (Lipinski definition) is 3. The number of carbonyl (C=O) groups excluding carboxylic acids is 1. The van der Waals surface area contributed by atoms with E-state index in [1.54, 1.807) is 0 Å². The normalized spacial score (nSPS) is 13.1. The first-order valence-corrected chi connectivity index (χ1v) is 10.8. The van der Waals surface area contributed by atoms with Crippen molar-refractivity contribution in [1.82, 2.24) is 0 Å². The number of quaternary nitrogens is 1. The minimum Gasteiger partial charge on any atom is -0.391 e. The van der Waals surface area contributed by atoms with Crippen LogP contribution in [0.2, 0.25) is 0 Å². The number of aldehydes is 1. The molecule has 0 bridgehead atoms. The Hall–Kier alpha value is -0.490. The Balaban J connectivity index is 4.17. The molecule has 0 rings (SSSR count). The minimum absolute atomic E-state index is 0.0537. The molecular weight excluding hydrogens is 330 g/mol. The van der Waals surface area contributed by atoms with Crippen molar-refractivity contribution < 1.29 is 24.6 Å². The fourth-order valence-corrected chi connectivity index (χ4v) is 3.76. The van der Waals surface area contributed by atoms with Crippen LogP contribution in [0, 0.1) is 0 Å². The third kappa shape index (κ3) is 13.7. The van der Waals surface area contributed by atoms with E-state index < -0.39 is 0 Å². The first-order chi connectivity index (χ1) is 12.6. The molecule has 0 aromatic carbocycles. The molecule has 0 aromatic heterocycles. The lowest BCUT2D eigenvalue weighted by molar-refractivity contribution is -0.931. The van der Waals surface area contributed by atoms with Crippen LogP contribution in [0.4, 0.5) is 0 Å². The highest BCUT2D eigenvalue weighted by Gasteiger charge is 2.29. The lowest BCUT2D eigenvalue weighted by Gasteiger charge is -2.39. The van der Waals surface area contributed by atoms with Gasteiger partial charge in [0.15, 0.2) is 0 Å². The second-order valence-corrected chi connectivity index (χ2v) is 7.72. The van der Waals surface area contributed by atoms with Gasteiger partial charge < -0.3 is 24.6 Å². The van der Waals surface area contributed by atoms with Gasteiger partial charge in [-0.05, 0) is 19.3 Å². The lowest BCUT2D eigenvalue weighted by Crippen LogP contribution is -2.55. The van der Waals surface area contributed by atoms with E-state index in [-0.39, 0.29) is 19.3 Å². The van der Waals surface area contributed by atoms with Crippen molar-refractivity contribution in [2.24, 2.45) is 0 Å². The lowest BCUT2D eigenvalue weighted by atomic mass is 10.0. The average Bonchev–Trinajstić information content (AvgIpc) is 2.61. The minimum atomic E-state index is -0.390. The molecule has 5 nitrogen and oxygen atoms in total. The Morgan fingerprint density at radius 2 is 1.38 bits per heavy atom. The first-order valence-electron chi connectivity index (χ1n) is 10.8. The van der Waals surface area contributed by atoms with Crippen molar-refractivity contribution in [3.05, 3.63) is 0 Å². The molecule has 0 amide bonds. The van der Waals surface area contributed by atoms with Gasteiger partial charge in [0.1, 0.15) is 32.0 Å². The van der Waals surface area contributed by atoms with Crippen LogP contribution in [-0.2, 0) is 4.79 Å². The van der Waals surface area contributed by atoms with Crippen LogP contribution >= 0.6 is 0 Å². The number of aliphatic hydroxyl groups is 3. The maximum atomic E-state index is 10.5. The van der Waals surface area contributed by atoms with Crippen LogP contribution in [-0.4, -0.2) is 71.6 Å². The topological polar surface area (TPSA) is 77.8 Å². The van der Waals surface area contributed by atoms with E-state index in [1.165, 1.54) is 44.9 Å². The molecule has 5 heteroatoms. The average molecular weight is 375 g/mol. The first kappa shape index (κ1) is 25.5. The summed E-state index contributed by atoms with van der Waals surface area (Å²) >= 11 is 0. The number of carbonyl (C=O) groups is 1. The summed E-state index contributed by atoms with van der Waals surface area (Å²) in [5.74, 6) is 0. The summed E-state index contributed by atoms with van der Waals surface area (Å²) in [6.07, 6.45) is 13.6. The second-order valence-electron chi connectivity index (χ2n) is 7.72. The summed E-state index contributed by atoms with van der Waals surface area (Å²) in [7, 11) is 0. The van der Waals surface area contributed by atoms with Crippen molar-refractivity contribution in [3.63, 3.8) is 0 Å². The van der Waals surface area contributed by atoms with Crippen LogP contribution in [0.1, 0.15) is 84.0 Å². The maximum Gasteiger partial charge on any atom is 0.119 e. The van der Waals surface area contributed by atoms with E-state index >= 15 is 0 Å². The van der Waals surface area contributed by atoms with E-state index in [1.807, 2.05) is 0 Å². The monoisotopic (exact) mass is 374 g/mol. The Morgan fingerprint density at radius 1 is 0.808 bits per heavy atom. The quantitative estimate of drug-likeness (QED) is 0.174. The van der Waals surface area contributed by atoms with Crippen LogP contribution < -0.4 is 0 Å². The maximum absolute atomic E-state index is 10.5. The second kappa shape index (κ2) is 17.9. The SMILES string of the molecule is CCCCCCCCCCC(O)C[N+](CCO)(CCO)CCCCC=O. The predicted molar refractivity (Wildman–Crippen MR) is 107 cm³/mol. The summed E-state index contributed by atoms with van der Waals surface area (Å²) in [5, 5.41) is 29.4. The molecule has 0 saturated carbocycles. The molecule has 3 N–H and O–H groups in total. The van der Waals surface area contributed by atoms with Gasteiger partial charge in [-0.2, -0.15) is 0 Å². The molecule has 156 valence electrons. The van der Waals surface area contributed by atoms with Gasteiger partial charge >= 0.3 is 0 Å². The fraction of sp³-hybridized carbons (Fsp3) is 0.952. The predicted octanol–water partition coefficient (Wildman–Crippen LogP) is 3.05. The van der Waals surface area contributed by atoms with Gasteiger partial charge in [-0.3, -0.25) is 0 Å². The number of hydrogen-bond acceptors (Lipinski definition) is 4. The number of nitrogens with zero attached hydrogens (tertiary/aromatic N) is 1. The van der Waals surface area contributed by atoms with E-state index in [0.29, 0.717) is 30.5 Å². The highest BCUT2D eigenvalue weighted by atomic mass is 16.3. The summed E-state index contributed by atoms with van der Waals surface area (Å²) < 4.78 is 0.546. The third-order valence-corrected chi connectivity index (χ3v) is 5.34. The number of unbranched alkanes of at least 4 members (excludes halogenated alkanes) is 9. The van der Waals surface area contributed by atoms with E-state index in [4.69, 9.17) is 0 Å². The molecule has 0 fully saturated rings. The van der Waals surface area contributed by atoms with E-state index in [0.717, 1.165) is 38.5 Å². The van der Waals surface area contributed by atoms with Gasteiger partial charge in [0, 0.05) is 6.42 Å². The molecule has 0 radical (unpaired) electrons. The molecule has 0 heterocycles. The summed E-state index contributed by atoms with van der Waals surface area (Å²) in [5.41, 5.74) is 0. The highest BCUT2D eigenvalue weighted by molar-refractivity contribution is 5.48. The standard InChI is InChI=1S/C21H44NO4/c1-2-3-4-5-6-7-8-10-13-21(26)20-22(15-18-24,16-19-25)14-11-9-12-17-23/h17,21,24-26H,2-16,18-20H2,1H3/q+1. The highest BCUT2D eigenvalue weighted by Crippen LogP contribution is 2.16. The Bertz CT molecular complexity index is 306. The number of aliphatic hydroxyl groups excluding tert-OH is 3. The molecule has 1 atom stereocenters. The van der Waals surface area contributed by atoms with Crippen molar-refractivity contribution in [2.75, 3.05) is 39.4 Å². The Morgan fingerprint density at radius 3 is 1.92 bits per heavy atom. The summed E-state index contributed by atoms with van der Waals surface area (Å²) in [6.45, 7) is 4.82. The molecule has 0 saturated heterocycles. The largest absolute Gasteiger partial charge is 0.391 e. The van der Waals surface area contributed by atoms with Gasteiger partial charge in [0.25, 0.3) is 0 Å². The molecule has 26 heavy (non-hydrogen) atoms. The van der Waals surface area contributed by atoms with Crippen LogP contribution in [0.15, 0.2) is 0 Å². The van der Waals surface area contributed by atoms with Crippen molar-refractivity contribution in [3.8, 4) is 0 Å². The Kier molecular flexibility index (Phi) is 17.6. The van der Waals surface area contributed by atoms with E-state index in [2.05, 4.69) is 6.92 Å². The molecule has 0 aromatic rings. The molecule has 0 spiro atoms. The molecule has 0 aliphatic rings. The molecular formula is C21H44NO4+. The van der Waals surface area contributed by atoms with Gasteiger partial charge in [-0.15, -0.1) is 0 Å². The smallest absolute Gasteiger partial charge is 0.119 e.